The average Bonchev–Trinajstić information content (AvgIpc) is 2.53. The molecule has 114 valence electrons. The highest BCUT2D eigenvalue weighted by molar-refractivity contribution is 7.89. The summed E-state index contributed by atoms with van der Waals surface area (Å²) in [5.41, 5.74) is 0.387. The maximum Gasteiger partial charge on any atom is 0.253 e. The molecule has 1 heterocycles. The number of nitrogens with one attached hydrogen (secondary N) is 2. The van der Waals surface area contributed by atoms with Gasteiger partial charge in [-0.15, -0.1) is 6.58 Å². The molecule has 2 rings (SSSR count). The minimum atomic E-state index is -3.61. The number of hydrogen-bond acceptors (Lipinski definition) is 4. The Labute approximate surface area is 124 Å². The summed E-state index contributed by atoms with van der Waals surface area (Å²) in [7, 11) is -3.61. The Bertz CT molecular complexity index is 622. The van der Waals surface area contributed by atoms with Gasteiger partial charge >= 0.3 is 0 Å². The van der Waals surface area contributed by atoms with Gasteiger partial charge in [0.05, 0.1) is 4.90 Å². The molecule has 0 radical (unpaired) electrons. The zero-order valence-corrected chi connectivity index (χ0v) is 12.5. The van der Waals surface area contributed by atoms with Crippen LogP contribution in [-0.4, -0.2) is 51.9 Å². The van der Waals surface area contributed by atoms with Crippen molar-refractivity contribution in [3.8, 4) is 0 Å². The quantitative estimate of drug-likeness (QED) is 0.762. The molecule has 1 aliphatic heterocycles. The fraction of sp³-hybridized carbons (Fsp3) is 0.357. The second-order valence-electron chi connectivity index (χ2n) is 4.71. The lowest BCUT2D eigenvalue weighted by atomic mass is 10.2. The molecule has 1 aliphatic rings. The molecule has 6 nitrogen and oxygen atoms in total. The van der Waals surface area contributed by atoms with Crippen LogP contribution in [-0.2, 0) is 10.0 Å². The molecule has 0 aliphatic carbocycles. The van der Waals surface area contributed by atoms with Crippen molar-refractivity contribution in [2.75, 3.05) is 32.7 Å². The highest BCUT2D eigenvalue weighted by Crippen LogP contribution is 2.13. The third-order valence-corrected chi connectivity index (χ3v) is 4.63. The Balaban J connectivity index is 2.20. The topological polar surface area (TPSA) is 78.5 Å². The molecule has 21 heavy (non-hydrogen) atoms. The second-order valence-corrected chi connectivity index (χ2v) is 6.48. The highest BCUT2D eigenvalue weighted by atomic mass is 32.2. The molecule has 0 unspecified atom stereocenters. The zero-order valence-electron chi connectivity index (χ0n) is 11.7. The largest absolute Gasteiger partial charge is 0.336 e. The van der Waals surface area contributed by atoms with Crippen molar-refractivity contribution in [1.29, 1.82) is 0 Å². The Morgan fingerprint density at radius 1 is 1.38 bits per heavy atom. The predicted octanol–water partition coefficient (Wildman–Crippen LogP) is 0.196. The number of benzene rings is 1. The zero-order chi connectivity index (χ0) is 15.3. The van der Waals surface area contributed by atoms with Gasteiger partial charge < -0.3 is 10.2 Å². The molecular formula is C14H19N3O3S. The number of carbonyl (C=O) groups is 1. The first-order valence-corrected chi connectivity index (χ1v) is 8.23. The first-order valence-electron chi connectivity index (χ1n) is 6.75. The van der Waals surface area contributed by atoms with Crippen molar-refractivity contribution < 1.29 is 13.2 Å². The molecule has 1 aromatic carbocycles. The van der Waals surface area contributed by atoms with E-state index in [1.54, 1.807) is 17.0 Å². The van der Waals surface area contributed by atoms with Gasteiger partial charge in [-0.05, 0) is 18.2 Å². The van der Waals surface area contributed by atoms with E-state index in [9.17, 15) is 13.2 Å². The van der Waals surface area contributed by atoms with E-state index in [1.807, 2.05) is 0 Å². The number of hydrogen-bond donors (Lipinski definition) is 2. The van der Waals surface area contributed by atoms with Crippen molar-refractivity contribution in [1.82, 2.24) is 14.9 Å². The SMILES string of the molecule is C=CCNS(=O)(=O)c1cccc(C(=O)N2CCNCC2)c1. The molecule has 0 saturated carbocycles. The van der Waals surface area contributed by atoms with Gasteiger partial charge in [0.25, 0.3) is 5.91 Å². The van der Waals surface area contributed by atoms with E-state index >= 15 is 0 Å². The third kappa shape index (κ3) is 3.90. The van der Waals surface area contributed by atoms with Gasteiger partial charge in [0.15, 0.2) is 0 Å². The normalized spacial score (nSPS) is 15.7. The summed E-state index contributed by atoms with van der Waals surface area (Å²) >= 11 is 0. The summed E-state index contributed by atoms with van der Waals surface area (Å²) in [6.45, 7) is 6.39. The fourth-order valence-electron chi connectivity index (χ4n) is 2.10. The van der Waals surface area contributed by atoms with E-state index in [1.165, 1.54) is 18.2 Å². The summed E-state index contributed by atoms with van der Waals surface area (Å²) in [4.78, 5) is 14.2. The molecular weight excluding hydrogens is 290 g/mol. The van der Waals surface area contributed by atoms with Crippen LogP contribution in [0.3, 0.4) is 0 Å². The number of sulfonamides is 1. The highest BCUT2D eigenvalue weighted by Gasteiger charge is 2.20. The minimum Gasteiger partial charge on any atom is -0.336 e. The Morgan fingerprint density at radius 3 is 2.76 bits per heavy atom. The maximum absolute atomic E-state index is 12.4. The van der Waals surface area contributed by atoms with Gasteiger partial charge in [0, 0.05) is 38.3 Å². The van der Waals surface area contributed by atoms with E-state index in [2.05, 4.69) is 16.6 Å². The summed E-state index contributed by atoms with van der Waals surface area (Å²) in [6, 6.07) is 6.10. The van der Waals surface area contributed by atoms with Crippen LogP contribution in [0.4, 0.5) is 0 Å². The van der Waals surface area contributed by atoms with Crippen LogP contribution in [0.25, 0.3) is 0 Å². The fourth-order valence-corrected chi connectivity index (χ4v) is 3.14. The first-order chi connectivity index (χ1) is 10.0. The number of nitrogens with zero attached hydrogens (tertiary/aromatic N) is 1. The number of carbonyl (C=O) groups excluding carboxylic acids is 1. The second kappa shape index (κ2) is 6.84. The molecule has 1 fully saturated rings. The average molecular weight is 309 g/mol. The van der Waals surface area contributed by atoms with Crippen LogP contribution < -0.4 is 10.0 Å². The molecule has 0 atom stereocenters. The lowest BCUT2D eigenvalue weighted by Crippen LogP contribution is -2.46. The molecule has 1 aromatic rings. The molecule has 1 amide bonds. The van der Waals surface area contributed by atoms with Crippen molar-refractivity contribution >= 4 is 15.9 Å². The van der Waals surface area contributed by atoms with Crippen molar-refractivity contribution in [3.63, 3.8) is 0 Å². The Hall–Kier alpha value is -1.70. The number of rotatable bonds is 5. The van der Waals surface area contributed by atoms with Crippen LogP contribution in [0.15, 0.2) is 41.8 Å². The van der Waals surface area contributed by atoms with E-state index in [0.717, 1.165) is 13.1 Å². The van der Waals surface area contributed by atoms with E-state index in [-0.39, 0.29) is 17.3 Å². The van der Waals surface area contributed by atoms with Gasteiger partial charge in [-0.2, -0.15) is 0 Å². The van der Waals surface area contributed by atoms with Crippen molar-refractivity contribution in [2.24, 2.45) is 0 Å². The van der Waals surface area contributed by atoms with Crippen LogP contribution >= 0.6 is 0 Å². The monoisotopic (exact) mass is 309 g/mol. The summed E-state index contributed by atoms with van der Waals surface area (Å²) in [6.07, 6.45) is 1.47. The van der Waals surface area contributed by atoms with Gasteiger partial charge in [0.2, 0.25) is 10.0 Å². The number of piperazine rings is 1. The van der Waals surface area contributed by atoms with E-state index in [4.69, 9.17) is 0 Å². The predicted molar refractivity (Wildman–Crippen MR) is 80.6 cm³/mol. The third-order valence-electron chi connectivity index (χ3n) is 3.21. The van der Waals surface area contributed by atoms with Gasteiger partial charge in [0.1, 0.15) is 0 Å². The Kier molecular flexibility index (Phi) is 5.11. The van der Waals surface area contributed by atoms with Crippen LogP contribution in [0, 0.1) is 0 Å². The van der Waals surface area contributed by atoms with Crippen molar-refractivity contribution in [3.05, 3.63) is 42.5 Å². The maximum atomic E-state index is 12.4. The van der Waals surface area contributed by atoms with E-state index in [0.29, 0.717) is 18.7 Å². The first kappa shape index (κ1) is 15.7. The van der Waals surface area contributed by atoms with E-state index < -0.39 is 10.0 Å². The molecule has 0 spiro atoms. The molecule has 0 aromatic heterocycles. The molecule has 1 saturated heterocycles. The van der Waals surface area contributed by atoms with Gasteiger partial charge in [-0.1, -0.05) is 12.1 Å². The smallest absolute Gasteiger partial charge is 0.253 e. The van der Waals surface area contributed by atoms with Crippen molar-refractivity contribution in [2.45, 2.75) is 4.90 Å². The van der Waals surface area contributed by atoms with Gasteiger partial charge in [-0.25, -0.2) is 13.1 Å². The summed E-state index contributed by atoms with van der Waals surface area (Å²) in [5, 5.41) is 3.17. The summed E-state index contributed by atoms with van der Waals surface area (Å²) in [5.74, 6) is -0.141. The minimum absolute atomic E-state index is 0.0883. The molecule has 2 N–H and O–H groups in total. The lowest BCUT2D eigenvalue weighted by molar-refractivity contribution is 0.0735. The summed E-state index contributed by atoms with van der Waals surface area (Å²) < 4.78 is 26.5. The van der Waals surface area contributed by atoms with Gasteiger partial charge in [-0.3, -0.25) is 4.79 Å². The Morgan fingerprint density at radius 2 is 2.10 bits per heavy atom. The molecule has 0 bridgehead atoms. The van der Waals surface area contributed by atoms with Crippen LogP contribution in [0.2, 0.25) is 0 Å². The standard InChI is InChI=1S/C14H19N3O3S/c1-2-6-16-21(19,20)13-5-3-4-12(11-13)14(18)17-9-7-15-8-10-17/h2-5,11,15-16H,1,6-10H2. The van der Waals surface area contributed by atoms with Crippen LogP contribution in [0.1, 0.15) is 10.4 Å². The lowest BCUT2D eigenvalue weighted by Gasteiger charge is -2.27. The molecule has 7 heteroatoms. The van der Waals surface area contributed by atoms with Crippen LogP contribution in [0.5, 0.6) is 0 Å². The number of amides is 1.